The molecule has 0 spiro atoms. The van der Waals surface area contributed by atoms with Gasteiger partial charge in [-0.3, -0.25) is 14.9 Å². The van der Waals surface area contributed by atoms with E-state index in [1.807, 2.05) is 0 Å². The van der Waals surface area contributed by atoms with E-state index in [2.05, 4.69) is 0 Å². The minimum Gasteiger partial charge on any atom is -0.451 e. The fourth-order valence-corrected chi connectivity index (χ4v) is 2.94. The minimum absolute atomic E-state index is 0.0347. The predicted octanol–water partition coefficient (Wildman–Crippen LogP) is 4.71. The SMILES string of the molecule is O=C(O[C@@H]1CCCCC1=O)c1ccc(Oc2ccc(Cl)cc2[N+](=O)[O-])cc1. The molecule has 0 unspecified atom stereocenters. The molecule has 1 atom stereocenters. The number of nitro groups is 1. The number of esters is 1. The summed E-state index contributed by atoms with van der Waals surface area (Å²) in [5.41, 5.74) is 0.00752. The number of rotatable bonds is 5. The van der Waals surface area contributed by atoms with Crippen molar-refractivity contribution >= 4 is 29.0 Å². The second kappa shape index (κ2) is 8.18. The van der Waals surface area contributed by atoms with E-state index in [1.165, 1.54) is 42.5 Å². The van der Waals surface area contributed by atoms with Gasteiger partial charge in [-0.25, -0.2) is 4.79 Å². The highest BCUT2D eigenvalue weighted by atomic mass is 35.5. The molecule has 1 aliphatic carbocycles. The number of nitro benzene ring substituents is 1. The molecule has 0 radical (unpaired) electrons. The van der Waals surface area contributed by atoms with E-state index >= 15 is 0 Å². The summed E-state index contributed by atoms with van der Waals surface area (Å²) in [6.45, 7) is 0. The monoisotopic (exact) mass is 389 g/mol. The van der Waals surface area contributed by atoms with Gasteiger partial charge in [0.2, 0.25) is 5.75 Å². The highest BCUT2D eigenvalue weighted by Gasteiger charge is 2.26. The summed E-state index contributed by atoms with van der Waals surface area (Å²) in [6, 6.07) is 10.0. The lowest BCUT2D eigenvalue weighted by atomic mass is 9.96. The highest BCUT2D eigenvalue weighted by molar-refractivity contribution is 6.30. The molecule has 1 aliphatic rings. The first kappa shape index (κ1) is 18.8. The Kier molecular flexibility index (Phi) is 5.71. The summed E-state index contributed by atoms with van der Waals surface area (Å²) in [5.74, 6) is -0.290. The molecular formula is C19H16ClNO6. The van der Waals surface area contributed by atoms with Gasteiger partial charge in [0.25, 0.3) is 0 Å². The molecule has 0 amide bonds. The molecule has 140 valence electrons. The molecule has 0 heterocycles. The number of ketones is 1. The number of hydrogen-bond acceptors (Lipinski definition) is 6. The Morgan fingerprint density at radius 2 is 1.89 bits per heavy atom. The van der Waals surface area contributed by atoms with Gasteiger partial charge in [0, 0.05) is 17.5 Å². The second-order valence-corrected chi connectivity index (χ2v) is 6.54. The molecule has 1 fully saturated rings. The molecule has 8 heteroatoms. The Balaban J connectivity index is 1.69. The Morgan fingerprint density at radius 1 is 1.15 bits per heavy atom. The zero-order chi connectivity index (χ0) is 19.4. The summed E-state index contributed by atoms with van der Waals surface area (Å²) < 4.78 is 10.8. The molecule has 0 aromatic heterocycles. The van der Waals surface area contributed by atoms with Crippen LogP contribution in [0.4, 0.5) is 5.69 Å². The molecular weight excluding hydrogens is 374 g/mol. The molecule has 27 heavy (non-hydrogen) atoms. The fraction of sp³-hybridized carbons (Fsp3) is 0.263. The zero-order valence-electron chi connectivity index (χ0n) is 14.2. The maximum Gasteiger partial charge on any atom is 0.338 e. The third-order valence-electron chi connectivity index (χ3n) is 4.18. The standard InChI is InChI=1S/C19H16ClNO6/c20-13-7-10-17(15(11-13)21(24)25)26-14-8-5-12(6-9-14)19(23)27-18-4-2-1-3-16(18)22/h5-11,18H,1-4H2/t18-/m1/s1. The van der Waals surface area contributed by atoms with Crippen LogP contribution in [0.5, 0.6) is 11.5 Å². The Labute approximate surface area is 160 Å². The molecule has 0 aliphatic heterocycles. The van der Waals surface area contributed by atoms with Gasteiger partial charge in [0.05, 0.1) is 10.5 Å². The lowest BCUT2D eigenvalue weighted by Crippen LogP contribution is -2.30. The van der Waals surface area contributed by atoms with E-state index in [9.17, 15) is 19.7 Å². The van der Waals surface area contributed by atoms with Crippen molar-refractivity contribution in [2.75, 3.05) is 0 Å². The van der Waals surface area contributed by atoms with Crippen molar-refractivity contribution < 1.29 is 24.0 Å². The first-order valence-corrected chi connectivity index (χ1v) is 8.77. The van der Waals surface area contributed by atoms with Crippen LogP contribution in [0.25, 0.3) is 0 Å². The first-order valence-electron chi connectivity index (χ1n) is 8.39. The van der Waals surface area contributed by atoms with Crippen LogP contribution in [0.3, 0.4) is 0 Å². The number of nitrogens with zero attached hydrogens (tertiary/aromatic N) is 1. The largest absolute Gasteiger partial charge is 0.451 e. The molecule has 2 aromatic carbocycles. The van der Waals surface area contributed by atoms with Crippen LogP contribution in [0.2, 0.25) is 5.02 Å². The number of hydrogen-bond donors (Lipinski definition) is 0. The smallest absolute Gasteiger partial charge is 0.338 e. The molecule has 3 rings (SSSR count). The van der Waals surface area contributed by atoms with E-state index in [4.69, 9.17) is 21.1 Å². The average Bonchev–Trinajstić information content (AvgIpc) is 2.65. The third-order valence-corrected chi connectivity index (χ3v) is 4.42. The van der Waals surface area contributed by atoms with Gasteiger partial charge in [-0.1, -0.05) is 11.6 Å². The van der Waals surface area contributed by atoms with E-state index in [0.29, 0.717) is 18.6 Å². The van der Waals surface area contributed by atoms with Gasteiger partial charge >= 0.3 is 11.7 Å². The molecule has 0 bridgehead atoms. The summed E-state index contributed by atoms with van der Waals surface area (Å²) >= 11 is 5.77. The second-order valence-electron chi connectivity index (χ2n) is 6.10. The third kappa shape index (κ3) is 4.62. The molecule has 1 saturated carbocycles. The van der Waals surface area contributed by atoms with Gasteiger partial charge < -0.3 is 9.47 Å². The fourth-order valence-electron chi connectivity index (χ4n) is 2.78. The van der Waals surface area contributed by atoms with E-state index < -0.39 is 17.0 Å². The van der Waals surface area contributed by atoms with Gasteiger partial charge in [0.15, 0.2) is 11.9 Å². The van der Waals surface area contributed by atoms with Crippen molar-refractivity contribution in [3.05, 3.63) is 63.2 Å². The normalized spacial score (nSPS) is 16.6. The molecule has 0 N–H and O–H groups in total. The number of Topliss-reactive ketones (excluding diaryl/α,β-unsaturated/α-hetero) is 1. The number of halogens is 1. The van der Waals surface area contributed by atoms with E-state index in [0.717, 1.165) is 12.8 Å². The Bertz CT molecular complexity index is 880. The summed E-state index contributed by atoms with van der Waals surface area (Å²) in [4.78, 5) is 34.5. The summed E-state index contributed by atoms with van der Waals surface area (Å²) in [5, 5.41) is 11.3. The van der Waals surface area contributed by atoms with Crippen molar-refractivity contribution in [2.24, 2.45) is 0 Å². The van der Waals surface area contributed by atoms with Gasteiger partial charge in [0.1, 0.15) is 5.75 Å². The summed E-state index contributed by atoms with van der Waals surface area (Å²) in [7, 11) is 0. The number of ether oxygens (including phenoxy) is 2. The Hall–Kier alpha value is -2.93. The van der Waals surface area contributed by atoms with Gasteiger partial charge in [-0.15, -0.1) is 0 Å². The molecule has 0 saturated heterocycles. The van der Waals surface area contributed by atoms with Crippen LogP contribution in [0, 0.1) is 10.1 Å². The highest BCUT2D eigenvalue weighted by Crippen LogP contribution is 2.33. The van der Waals surface area contributed by atoms with E-state index in [-0.39, 0.29) is 27.8 Å². The van der Waals surface area contributed by atoms with Crippen LogP contribution in [0.1, 0.15) is 36.0 Å². The summed E-state index contributed by atoms with van der Waals surface area (Å²) in [6.07, 6.45) is 1.99. The number of benzene rings is 2. The molecule has 2 aromatic rings. The van der Waals surface area contributed by atoms with Crippen LogP contribution < -0.4 is 4.74 Å². The maximum absolute atomic E-state index is 12.2. The van der Waals surface area contributed by atoms with Crippen molar-refractivity contribution in [2.45, 2.75) is 31.8 Å². The van der Waals surface area contributed by atoms with Crippen LogP contribution in [0.15, 0.2) is 42.5 Å². The van der Waals surface area contributed by atoms with Crippen molar-refractivity contribution in [3.63, 3.8) is 0 Å². The predicted molar refractivity (Wildman–Crippen MR) is 97.3 cm³/mol. The van der Waals surface area contributed by atoms with Crippen molar-refractivity contribution in [3.8, 4) is 11.5 Å². The molecule has 7 nitrogen and oxygen atoms in total. The van der Waals surface area contributed by atoms with Crippen LogP contribution in [-0.4, -0.2) is 22.8 Å². The Morgan fingerprint density at radius 3 is 2.56 bits per heavy atom. The number of carbonyl (C=O) groups excluding carboxylic acids is 2. The van der Waals surface area contributed by atoms with Crippen molar-refractivity contribution in [1.29, 1.82) is 0 Å². The minimum atomic E-state index is -0.682. The average molecular weight is 390 g/mol. The number of carbonyl (C=O) groups is 2. The van der Waals surface area contributed by atoms with Gasteiger partial charge in [-0.2, -0.15) is 0 Å². The van der Waals surface area contributed by atoms with Crippen molar-refractivity contribution in [1.82, 2.24) is 0 Å². The maximum atomic E-state index is 12.2. The zero-order valence-corrected chi connectivity index (χ0v) is 15.0. The topological polar surface area (TPSA) is 95.7 Å². The van der Waals surface area contributed by atoms with Gasteiger partial charge in [-0.05, 0) is 55.7 Å². The van der Waals surface area contributed by atoms with E-state index in [1.54, 1.807) is 0 Å². The quantitative estimate of drug-likeness (QED) is 0.417. The lowest BCUT2D eigenvalue weighted by Gasteiger charge is -2.20. The van der Waals surface area contributed by atoms with Crippen LogP contribution >= 0.6 is 11.6 Å². The first-order chi connectivity index (χ1) is 12.9. The van der Waals surface area contributed by atoms with Crippen LogP contribution in [-0.2, 0) is 9.53 Å². The lowest BCUT2D eigenvalue weighted by molar-refractivity contribution is -0.385.